The van der Waals surface area contributed by atoms with Crippen molar-refractivity contribution in [2.75, 3.05) is 0 Å². The predicted molar refractivity (Wildman–Crippen MR) is 61.1 cm³/mol. The Hall–Kier alpha value is -2.28. The number of halogens is 1. The zero-order valence-electron chi connectivity index (χ0n) is 8.84. The lowest BCUT2D eigenvalue weighted by Gasteiger charge is -2.03. The van der Waals surface area contributed by atoms with Gasteiger partial charge in [0, 0.05) is 6.20 Å². The molecule has 2 rings (SSSR count). The molecule has 2 N–H and O–H groups in total. The quantitative estimate of drug-likeness (QED) is 0.846. The van der Waals surface area contributed by atoms with Crippen LogP contribution in [0.4, 0.5) is 0 Å². The van der Waals surface area contributed by atoms with Gasteiger partial charge in [0.25, 0.3) is 5.56 Å². The highest BCUT2D eigenvalue weighted by Crippen LogP contribution is 2.11. The average Bonchev–Trinajstić information content (AvgIpc) is 2.74. The van der Waals surface area contributed by atoms with Gasteiger partial charge < -0.3 is 9.52 Å². The molecule has 8 heteroatoms. The number of aromatic amines is 1. The summed E-state index contributed by atoms with van der Waals surface area (Å²) in [5.74, 6) is -1.07. The van der Waals surface area contributed by atoms with E-state index in [4.69, 9.17) is 21.1 Å². The molecule has 0 unspecified atom stereocenters. The number of carboxylic acid groups (broad SMARTS) is 1. The molecule has 2 heterocycles. The molecular weight excluding hydrogens is 264 g/mol. The SMILES string of the molecule is O=C(O)c1ccoc1Cn1cc(Cl)c(=O)[nH]c1=O. The van der Waals surface area contributed by atoms with Gasteiger partial charge in [-0.05, 0) is 6.07 Å². The monoisotopic (exact) mass is 270 g/mol. The van der Waals surface area contributed by atoms with Gasteiger partial charge in [-0.2, -0.15) is 0 Å². The molecule has 0 aliphatic heterocycles. The lowest BCUT2D eigenvalue weighted by molar-refractivity contribution is 0.0694. The van der Waals surface area contributed by atoms with Gasteiger partial charge in [-0.1, -0.05) is 11.6 Å². The Balaban J connectivity index is 2.43. The Labute approximate surface area is 104 Å². The maximum atomic E-state index is 11.5. The molecular formula is C10H7ClN2O5. The molecule has 2 aromatic rings. The van der Waals surface area contributed by atoms with Crippen molar-refractivity contribution in [3.05, 3.63) is 55.7 Å². The van der Waals surface area contributed by atoms with E-state index in [0.29, 0.717) is 0 Å². The number of carboxylic acids is 1. The third-order valence-corrected chi connectivity index (χ3v) is 2.53. The Morgan fingerprint density at radius 2 is 2.22 bits per heavy atom. The predicted octanol–water partition coefficient (Wildman–Crippen LogP) is 0.529. The number of hydrogen-bond donors (Lipinski definition) is 2. The summed E-state index contributed by atoms with van der Waals surface area (Å²) < 4.78 is 6.03. The second kappa shape index (κ2) is 4.53. The van der Waals surface area contributed by atoms with Crippen molar-refractivity contribution in [3.8, 4) is 0 Å². The van der Waals surface area contributed by atoms with Gasteiger partial charge in [0.15, 0.2) is 0 Å². The van der Waals surface area contributed by atoms with Gasteiger partial charge in [-0.15, -0.1) is 0 Å². The molecule has 0 spiro atoms. The molecule has 0 bridgehead atoms. The lowest BCUT2D eigenvalue weighted by atomic mass is 10.2. The van der Waals surface area contributed by atoms with Crippen LogP contribution in [0, 0.1) is 0 Å². The van der Waals surface area contributed by atoms with Crippen LogP contribution < -0.4 is 11.2 Å². The largest absolute Gasteiger partial charge is 0.478 e. The van der Waals surface area contributed by atoms with E-state index in [1.165, 1.54) is 12.3 Å². The number of nitrogens with one attached hydrogen (secondary N) is 1. The number of nitrogens with zero attached hydrogens (tertiary/aromatic N) is 1. The molecule has 0 amide bonds. The summed E-state index contributed by atoms with van der Waals surface area (Å²) in [7, 11) is 0. The molecule has 7 nitrogen and oxygen atoms in total. The van der Waals surface area contributed by atoms with E-state index >= 15 is 0 Å². The molecule has 0 saturated heterocycles. The fourth-order valence-electron chi connectivity index (χ4n) is 1.41. The molecule has 0 aromatic carbocycles. The lowest BCUT2D eigenvalue weighted by Crippen LogP contribution is -2.30. The topological polar surface area (TPSA) is 105 Å². The summed E-state index contributed by atoms with van der Waals surface area (Å²) in [6, 6.07) is 1.27. The number of aromatic carboxylic acids is 1. The number of carbonyl (C=O) groups is 1. The third kappa shape index (κ3) is 2.21. The van der Waals surface area contributed by atoms with E-state index in [0.717, 1.165) is 10.8 Å². The van der Waals surface area contributed by atoms with Crippen LogP contribution in [0.15, 0.2) is 32.5 Å². The first-order chi connectivity index (χ1) is 8.49. The first-order valence-electron chi connectivity index (χ1n) is 4.78. The highest BCUT2D eigenvalue weighted by atomic mass is 35.5. The second-order valence-corrected chi connectivity index (χ2v) is 3.83. The summed E-state index contributed by atoms with van der Waals surface area (Å²) in [5, 5.41) is 8.70. The maximum Gasteiger partial charge on any atom is 0.339 e. The van der Waals surface area contributed by atoms with E-state index in [9.17, 15) is 14.4 Å². The Morgan fingerprint density at radius 1 is 1.50 bits per heavy atom. The van der Waals surface area contributed by atoms with Crippen LogP contribution in [0.2, 0.25) is 5.02 Å². The normalized spacial score (nSPS) is 10.5. The summed E-state index contributed by atoms with van der Waals surface area (Å²) in [6.45, 7) is -0.135. The van der Waals surface area contributed by atoms with Crippen LogP contribution in [0.25, 0.3) is 0 Å². The van der Waals surface area contributed by atoms with Crippen molar-refractivity contribution in [1.29, 1.82) is 0 Å². The zero-order chi connectivity index (χ0) is 13.3. The molecule has 0 radical (unpaired) electrons. The van der Waals surface area contributed by atoms with Crippen LogP contribution in [-0.4, -0.2) is 20.6 Å². The van der Waals surface area contributed by atoms with Crippen molar-refractivity contribution >= 4 is 17.6 Å². The molecule has 0 aliphatic rings. The molecule has 0 atom stereocenters. The van der Waals surface area contributed by atoms with Crippen molar-refractivity contribution < 1.29 is 14.3 Å². The van der Waals surface area contributed by atoms with Crippen LogP contribution in [0.1, 0.15) is 16.1 Å². The van der Waals surface area contributed by atoms with Crippen molar-refractivity contribution in [2.45, 2.75) is 6.54 Å². The molecule has 2 aromatic heterocycles. The van der Waals surface area contributed by atoms with Crippen LogP contribution in [0.5, 0.6) is 0 Å². The highest BCUT2D eigenvalue weighted by molar-refractivity contribution is 6.30. The summed E-state index contributed by atoms with van der Waals surface area (Å²) in [6.07, 6.45) is 2.33. The van der Waals surface area contributed by atoms with Crippen LogP contribution >= 0.6 is 11.6 Å². The fourth-order valence-corrected chi connectivity index (χ4v) is 1.57. The Kier molecular flexibility index (Phi) is 3.07. The highest BCUT2D eigenvalue weighted by Gasteiger charge is 2.14. The van der Waals surface area contributed by atoms with Gasteiger partial charge >= 0.3 is 11.7 Å². The van der Waals surface area contributed by atoms with Gasteiger partial charge in [0.2, 0.25) is 0 Å². The molecule has 94 valence electrons. The van der Waals surface area contributed by atoms with E-state index in [1.54, 1.807) is 0 Å². The summed E-state index contributed by atoms with van der Waals surface area (Å²) in [5.41, 5.74) is -1.45. The smallest absolute Gasteiger partial charge is 0.339 e. The van der Waals surface area contributed by atoms with Crippen molar-refractivity contribution in [3.63, 3.8) is 0 Å². The molecule has 0 aliphatic carbocycles. The third-order valence-electron chi connectivity index (χ3n) is 2.26. The maximum absolute atomic E-state index is 11.5. The van der Waals surface area contributed by atoms with Gasteiger partial charge in [-0.25, -0.2) is 9.59 Å². The van der Waals surface area contributed by atoms with Crippen molar-refractivity contribution in [1.82, 2.24) is 9.55 Å². The van der Waals surface area contributed by atoms with E-state index < -0.39 is 17.2 Å². The fraction of sp³-hybridized carbons (Fsp3) is 0.100. The molecule has 18 heavy (non-hydrogen) atoms. The molecule has 0 saturated carbocycles. The van der Waals surface area contributed by atoms with Crippen LogP contribution in [0.3, 0.4) is 0 Å². The van der Waals surface area contributed by atoms with Gasteiger partial charge in [0.05, 0.1) is 12.8 Å². The second-order valence-electron chi connectivity index (χ2n) is 3.43. The van der Waals surface area contributed by atoms with E-state index in [-0.39, 0.29) is 22.9 Å². The summed E-state index contributed by atoms with van der Waals surface area (Å²) in [4.78, 5) is 35.4. The van der Waals surface area contributed by atoms with Gasteiger partial charge in [0.1, 0.15) is 16.3 Å². The standard InChI is InChI=1S/C10H7ClN2O5/c11-6-3-13(10(17)12-8(6)14)4-7-5(9(15)16)1-2-18-7/h1-3H,4H2,(H,15,16)(H,12,14,17). The molecule has 0 fully saturated rings. The van der Waals surface area contributed by atoms with E-state index in [2.05, 4.69) is 0 Å². The first kappa shape index (κ1) is 12.2. The number of hydrogen-bond acceptors (Lipinski definition) is 4. The number of furan rings is 1. The Morgan fingerprint density at radius 3 is 2.89 bits per heavy atom. The first-order valence-corrected chi connectivity index (χ1v) is 5.16. The minimum Gasteiger partial charge on any atom is -0.478 e. The van der Waals surface area contributed by atoms with Crippen molar-refractivity contribution in [2.24, 2.45) is 0 Å². The minimum atomic E-state index is -1.16. The number of aromatic nitrogens is 2. The number of rotatable bonds is 3. The average molecular weight is 271 g/mol. The van der Waals surface area contributed by atoms with Crippen LogP contribution in [-0.2, 0) is 6.54 Å². The van der Waals surface area contributed by atoms with Gasteiger partial charge in [-0.3, -0.25) is 14.3 Å². The number of H-pyrrole nitrogens is 1. The minimum absolute atomic E-state index is 0.0516. The summed E-state index contributed by atoms with van der Waals surface area (Å²) >= 11 is 5.58. The van der Waals surface area contributed by atoms with E-state index in [1.807, 2.05) is 4.98 Å². The Bertz CT molecular complexity index is 712. The zero-order valence-corrected chi connectivity index (χ0v) is 9.60.